The van der Waals surface area contributed by atoms with E-state index in [9.17, 15) is 4.79 Å². The van der Waals surface area contributed by atoms with Crippen LogP contribution in [0, 0.1) is 0 Å². The molecule has 0 fully saturated rings. The van der Waals surface area contributed by atoms with Gasteiger partial charge in [0.05, 0.1) is 0 Å². The quantitative estimate of drug-likeness (QED) is 0.173. The van der Waals surface area contributed by atoms with Crippen LogP contribution in [0.15, 0.2) is 12.2 Å². The molecular weight excluding hydrogens is 236 g/mol. The predicted octanol–water partition coefficient (Wildman–Crippen LogP) is 4.23. The van der Waals surface area contributed by atoms with Gasteiger partial charge in [-0.2, -0.15) is 0 Å². The number of hydrazine groups is 1. The molecule has 19 heavy (non-hydrogen) atoms. The number of rotatable bonds is 13. The molecule has 0 aliphatic heterocycles. The highest BCUT2D eigenvalue weighted by molar-refractivity contribution is 5.86. The van der Waals surface area contributed by atoms with E-state index in [1.54, 1.807) is 0 Å². The Labute approximate surface area is 119 Å². The van der Waals surface area contributed by atoms with Gasteiger partial charge in [0.1, 0.15) is 0 Å². The standard InChI is InChI=1S/C16H32N2O/c1-2-3-4-5-6-7-8-9-10-11-12-13-14-15-16(19)18-17/h14-15H,2-13,17H2,1H3,(H,18,19). The number of nitrogens with two attached hydrogens (primary N) is 1. The lowest BCUT2D eigenvalue weighted by Crippen LogP contribution is -2.27. The van der Waals surface area contributed by atoms with Crippen molar-refractivity contribution >= 4 is 5.91 Å². The Morgan fingerprint density at radius 3 is 1.84 bits per heavy atom. The molecule has 0 spiro atoms. The Morgan fingerprint density at radius 1 is 0.895 bits per heavy atom. The second-order valence-corrected chi connectivity index (χ2v) is 5.24. The lowest BCUT2D eigenvalue weighted by Gasteiger charge is -2.01. The summed E-state index contributed by atoms with van der Waals surface area (Å²) in [7, 11) is 0. The fourth-order valence-electron chi connectivity index (χ4n) is 2.16. The molecular formula is C16H32N2O. The van der Waals surface area contributed by atoms with Gasteiger partial charge in [-0.3, -0.25) is 10.2 Å². The molecule has 0 heterocycles. The minimum atomic E-state index is -0.219. The van der Waals surface area contributed by atoms with Gasteiger partial charge in [0, 0.05) is 6.08 Å². The van der Waals surface area contributed by atoms with Crippen molar-refractivity contribution in [1.29, 1.82) is 0 Å². The first-order valence-electron chi connectivity index (χ1n) is 7.98. The minimum Gasteiger partial charge on any atom is -0.291 e. The number of hydrogen-bond donors (Lipinski definition) is 2. The highest BCUT2D eigenvalue weighted by Crippen LogP contribution is 2.11. The molecule has 1 amide bonds. The van der Waals surface area contributed by atoms with Gasteiger partial charge in [0.2, 0.25) is 0 Å². The molecule has 0 unspecified atom stereocenters. The maximum Gasteiger partial charge on any atom is 0.257 e. The van der Waals surface area contributed by atoms with E-state index in [1.807, 2.05) is 6.08 Å². The largest absolute Gasteiger partial charge is 0.291 e. The van der Waals surface area contributed by atoms with Crippen molar-refractivity contribution in [1.82, 2.24) is 5.43 Å². The van der Waals surface area contributed by atoms with Crippen LogP contribution in [-0.2, 0) is 4.79 Å². The van der Waals surface area contributed by atoms with Gasteiger partial charge in [0.25, 0.3) is 5.91 Å². The molecule has 0 aliphatic rings. The Morgan fingerprint density at radius 2 is 1.37 bits per heavy atom. The van der Waals surface area contributed by atoms with Gasteiger partial charge in [0.15, 0.2) is 0 Å². The summed E-state index contributed by atoms with van der Waals surface area (Å²) in [6, 6.07) is 0. The maximum absolute atomic E-state index is 10.8. The van der Waals surface area contributed by atoms with Gasteiger partial charge >= 0.3 is 0 Å². The zero-order chi connectivity index (χ0) is 14.2. The SMILES string of the molecule is CCCCCCCCCCCCCC=CC(=O)NN. The molecule has 0 saturated carbocycles. The number of carbonyl (C=O) groups is 1. The summed E-state index contributed by atoms with van der Waals surface area (Å²) >= 11 is 0. The molecule has 0 aliphatic carbocycles. The van der Waals surface area contributed by atoms with Crippen LogP contribution in [-0.4, -0.2) is 5.91 Å². The highest BCUT2D eigenvalue weighted by atomic mass is 16.2. The monoisotopic (exact) mass is 268 g/mol. The Kier molecular flexibility index (Phi) is 14.6. The molecule has 0 aromatic rings. The number of amides is 1. The third kappa shape index (κ3) is 15.1. The molecule has 0 aromatic heterocycles. The highest BCUT2D eigenvalue weighted by Gasteiger charge is 1.93. The van der Waals surface area contributed by atoms with Gasteiger partial charge in [-0.1, -0.05) is 77.2 Å². The van der Waals surface area contributed by atoms with Gasteiger partial charge in [-0.15, -0.1) is 0 Å². The third-order valence-electron chi connectivity index (χ3n) is 3.39. The summed E-state index contributed by atoms with van der Waals surface area (Å²) in [6.45, 7) is 2.26. The average molecular weight is 268 g/mol. The smallest absolute Gasteiger partial charge is 0.257 e. The van der Waals surface area contributed by atoms with Gasteiger partial charge in [-0.25, -0.2) is 5.84 Å². The van der Waals surface area contributed by atoms with E-state index in [0.29, 0.717) is 0 Å². The van der Waals surface area contributed by atoms with Gasteiger partial charge in [-0.05, 0) is 12.8 Å². The lowest BCUT2D eigenvalue weighted by atomic mass is 10.1. The second-order valence-electron chi connectivity index (χ2n) is 5.24. The number of hydrogen-bond acceptors (Lipinski definition) is 2. The van der Waals surface area contributed by atoms with E-state index in [0.717, 1.165) is 6.42 Å². The molecule has 0 radical (unpaired) electrons. The van der Waals surface area contributed by atoms with E-state index in [-0.39, 0.29) is 5.91 Å². The summed E-state index contributed by atoms with van der Waals surface area (Å²) in [5.74, 6) is 4.75. The van der Waals surface area contributed by atoms with E-state index >= 15 is 0 Å². The normalized spacial score (nSPS) is 11.1. The lowest BCUT2D eigenvalue weighted by molar-refractivity contribution is -0.116. The van der Waals surface area contributed by atoms with E-state index in [2.05, 4.69) is 12.3 Å². The van der Waals surface area contributed by atoms with E-state index < -0.39 is 0 Å². The molecule has 0 rings (SSSR count). The first-order chi connectivity index (χ1) is 9.31. The molecule has 3 N–H and O–H groups in total. The first-order valence-corrected chi connectivity index (χ1v) is 7.98. The van der Waals surface area contributed by atoms with Crippen molar-refractivity contribution < 1.29 is 4.79 Å². The molecule has 0 aromatic carbocycles. The summed E-state index contributed by atoms with van der Waals surface area (Å²) in [4.78, 5) is 10.8. The zero-order valence-electron chi connectivity index (χ0n) is 12.6. The third-order valence-corrected chi connectivity index (χ3v) is 3.39. The summed E-state index contributed by atoms with van der Waals surface area (Å²) in [5, 5.41) is 0. The number of unbranched alkanes of at least 4 members (excludes halogenated alkanes) is 11. The number of allylic oxidation sites excluding steroid dienone is 1. The van der Waals surface area contributed by atoms with Crippen LogP contribution in [0.2, 0.25) is 0 Å². The Balaban J connectivity index is 3.07. The Bertz CT molecular complexity index is 227. The van der Waals surface area contributed by atoms with Crippen LogP contribution in [0.4, 0.5) is 0 Å². The van der Waals surface area contributed by atoms with Crippen molar-refractivity contribution in [3.8, 4) is 0 Å². The molecule has 112 valence electrons. The molecule has 0 atom stereocenters. The van der Waals surface area contributed by atoms with Crippen molar-refractivity contribution in [2.75, 3.05) is 0 Å². The molecule has 3 nitrogen and oxygen atoms in total. The second kappa shape index (κ2) is 15.2. The number of carbonyl (C=O) groups excluding carboxylic acids is 1. The molecule has 3 heteroatoms. The topological polar surface area (TPSA) is 55.1 Å². The fourth-order valence-corrected chi connectivity index (χ4v) is 2.16. The van der Waals surface area contributed by atoms with Crippen LogP contribution in [0.3, 0.4) is 0 Å². The predicted molar refractivity (Wildman–Crippen MR) is 82.5 cm³/mol. The summed E-state index contributed by atoms with van der Waals surface area (Å²) in [5.41, 5.74) is 2.08. The minimum absolute atomic E-state index is 0.219. The van der Waals surface area contributed by atoms with Crippen molar-refractivity contribution in [2.45, 2.75) is 84.0 Å². The summed E-state index contributed by atoms with van der Waals surface area (Å²) in [6.07, 6.45) is 19.3. The van der Waals surface area contributed by atoms with E-state index in [4.69, 9.17) is 5.84 Å². The van der Waals surface area contributed by atoms with Crippen LogP contribution < -0.4 is 11.3 Å². The van der Waals surface area contributed by atoms with Crippen LogP contribution in [0.5, 0.6) is 0 Å². The van der Waals surface area contributed by atoms with Crippen molar-refractivity contribution in [2.24, 2.45) is 5.84 Å². The van der Waals surface area contributed by atoms with Crippen molar-refractivity contribution in [3.63, 3.8) is 0 Å². The molecule has 0 bridgehead atoms. The summed E-state index contributed by atoms with van der Waals surface area (Å²) < 4.78 is 0. The van der Waals surface area contributed by atoms with Crippen molar-refractivity contribution in [3.05, 3.63) is 12.2 Å². The van der Waals surface area contributed by atoms with E-state index in [1.165, 1.54) is 76.7 Å². The number of nitrogens with one attached hydrogen (secondary N) is 1. The average Bonchev–Trinajstić information content (AvgIpc) is 2.43. The maximum atomic E-state index is 10.8. The van der Waals surface area contributed by atoms with Gasteiger partial charge < -0.3 is 0 Å². The van der Waals surface area contributed by atoms with Crippen LogP contribution >= 0.6 is 0 Å². The van der Waals surface area contributed by atoms with Crippen LogP contribution in [0.25, 0.3) is 0 Å². The zero-order valence-corrected chi connectivity index (χ0v) is 12.6. The molecule has 0 saturated heterocycles. The fraction of sp³-hybridized carbons (Fsp3) is 0.812. The first kappa shape index (κ1) is 18.2. The van der Waals surface area contributed by atoms with Crippen LogP contribution in [0.1, 0.15) is 84.0 Å². The Hall–Kier alpha value is -0.830.